The molecular formula is C14H27N3. The zero-order valence-corrected chi connectivity index (χ0v) is 12.0. The van der Waals surface area contributed by atoms with Gasteiger partial charge in [0.15, 0.2) is 0 Å². The van der Waals surface area contributed by atoms with Crippen LogP contribution in [0.15, 0.2) is 0 Å². The van der Waals surface area contributed by atoms with E-state index in [4.69, 9.17) is 0 Å². The van der Waals surface area contributed by atoms with Crippen LogP contribution < -0.4 is 5.32 Å². The molecule has 2 unspecified atom stereocenters. The molecule has 17 heavy (non-hydrogen) atoms. The minimum atomic E-state index is -0.399. The van der Waals surface area contributed by atoms with Crippen LogP contribution >= 0.6 is 0 Å². The second-order valence-corrected chi connectivity index (χ2v) is 6.07. The summed E-state index contributed by atoms with van der Waals surface area (Å²) in [7, 11) is 1.87. The third-order valence-corrected chi connectivity index (χ3v) is 3.66. The molecule has 3 nitrogen and oxygen atoms in total. The van der Waals surface area contributed by atoms with Crippen LogP contribution in [-0.4, -0.2) is 36.1 Å². The lowest BCUT2D eigenvalue weighted by Crippen LogP contribution is -2.47. The van der Waals surface area contributed by atoms with Crippen molar-refractivity contribution in [1.82, 2.24) is 10.2 Å². The van der Waals surface area contributed by atoms with E-state index in [1.54, 1.807) is 0 Å². The van der Waals surface area contributed by atoms with Gasteiger partial charge >= 0.3 is 0 Å². The first-order valence-corrected chi connectivity index (χ1v) is 6.77. The Hall–Kier alpha value is -0.590. The van der Waals surface area contributed by atoms with E-state index in [0.29, 0.717) is 12.0 Å². The minimum Gasteiger partial charge on any atom is -0.303 e. The summed E-state index contributed by atoms with van der Waals surface area (Å²) in [4.78, 5) is 2.59. The highest BCUT2D eigenvalue weighted by Gasteiger charge is 2.35. The Bertz CT molecular complexity index is 278. The van der Waals surface area contributed by atoms with Crippen molar-refractivity contribution in [3.63, 3.8) is 0 Å². The molecule has 0 aromatic carbocycles. The van der Waals surface area contributed by atoms with Crippen molar-refractivity contribution >= 4 is 0 Å². The first-order valence-electron chi connectivity index (χ1n) is 6.77. The minimum absolute atomic E-state index is 0.399. The fourth-order valence-corrected chi connectivity index (χ4v) is 2.43. The molecule has 0 saturated heterocycles. The first-order chi connectivity index (χ1) is 7.91. The van der Waals surface area contributed by atoms with Crippen molar-refractivity contribution in [1.29, 1.82) is 5.26 Å². The number of nitrogens with zero attached hydrogens (tertiary/aromatic N) is 2. The zero-order valence-electron chi connectivity index (χ0n) is 12.0. The molecular weight excluding hydrogens is 210 g/mol. The van der Waals surface area contributed by atoms with E-state index in [1.807, 2.05) is 14.0 Å². The third kappa shape index (κ3) is 4.29. The second-order valence-electron chi connectivity index (χ2n) is 6.07. The predicted molar refractivity (Wildman–Crippen MR) is 71.7 cm³/mol. The van der Waals surface area contributed by atoms with Gasteiger partial charge < -0.3 is 5.32 Å². The van der Waals surface area contributed by atoms with Crippen LogP contribution in [0.1, 0.15) is 47.0 Å². The van der Waals surface area contributed by atoms with Crippen LogP contribution in [0.5, 0.6) is 0 Å². The van der Waals surface area contributed by atoms with Crippen LogP contribution in [-0.2, 0) is 0 Å². The van der Waals surface area contributed by atoms with Crippen molar-refractivity contribution in [2.75, 3.05) is 13.6 Å². The molecule has 98 valence electrons. The van der Waals surface area contributed by atoms with E-state index in [-0.39, 0.29) is 0 Å². The highest BCUT2D eigenvalue weighted by atomic mass is 15.2. The molecule has 0 spiro atoms. The number of nitrogens with one attached hydrogen (secondary N) is 1. The summed E-state index contributed by atoms with van der Waals surface area (Å²) < 4.78 is 0. The van der Waals surface area contributed by atoms with Gasteiger partial charge in [0.2, 0.25) is 0 Å². The van der Waals surface area contributed by atoms with Crippen molar-refractivity contribution in [2.45, 2.75) is 64.6 Å². The molecule has 1 N–H and O–H groups in total. The molecule has 0 heterocycles. The maximum atomic E-state index is 9.22. The molecule has 3 heteroatoms. The lowest BCUT2D eigenvalue weighted by Gasteiger charge is -2.34. The summed E-state index contributed by atoms with van der Waals surface area (Å²) in [6, 6.07) is 3.63. The van der Waals surface area contributed by atoms with Crippen molar-refractivity contribution in [3.8, 4) is 6.07 Å². The lowest BCUT2D eigenvalue weighted by molar-refractivity contribution is 0.151. The molecule has 1 saturated carbocycles. The monoisotopic (exact) mass is 237 g/mol. The standard InChI is InChI=1S/C14H27N3/c1-11(2)9-17(13-6-7-13)12(3)8-14(4,10-15)16-5/h11-13,16H,6-9H2,1-5H3. The van der Waals surface area contributed by atoms with Gasteiger partial charge in [-0.2, -0.15) is 5.26 Å². The molecule has 0 aromatic heterocycles. The highest BCUT2D eigenvalue weighted by molar-refractivity contribution is 5.05. The number of hydrogen-bond acceptors (Lipinski definition) is 3. The Morgan fingerprint density at radius 3 is 2.35 bits per heavy atom. The van der Waals surface area contributed by atoms with Crippen molar-refractivity contribution in [3.05, 3.63) is 0 Å². The lowest BCUT2D eigenvalue weighted by atomic mass is 9.94. The Labute approximate surface area is 106 Å². The van der Waals surface area contributed by atoms with Gasteiger partial charge in [-0.15, -0.1) is 0 Å². The van der Waals surface area contributed by atoms with E-state index in [0.717, 1.165) is 19.0 Å². The summed E-state index contributed by atoms with van der Waals surface area (Å²) in [5, 5.41) is 12.4. The average Bonchev–Trinajstić information content (AvgIpc) is 3.09. The molecule has 0 aromatic rings. The number of hydrogen-bond donors (Lipinski definition) is 1. The zero-order chi connectivity index (χ0) is 13.1. The van der Waals surface area contributed by atoms with Crippen LogP contribution in [0.2, 0.25) is 0 Å². The predicted octanol–water partition coefficient (Wildman–Crippen LogP) is 2.39. The molecule has 1 aliphatic rings. The summed E-state index contributed by atoms with van der Waals surface area (Å²) >= 11 is 0. The fourth-order valence-electron chi connectivity index (χ4n) is 2.43. The smallest absolute Gasteiger partial charge is 0.105 e. The second kappa shape index (κ2) is 5.84. The fraction of sp³-hybridized carbons (Fsp3) is 0.929. The van der Waals surface area contributed by atoms with Gasteiger partial charge in [0.25, 0.3) is 0 Å². The van der Waals surface area contributed by atoms with E-state index >= 15 is 0 Å². The Morgan fingerprint density at radius 1 is 1.41 bits per heavy atom. The molecule has 2 atom stereocenters. The molecule has 1 aliphatic carbocycles. The maximum absolute atomic E-state index is 9.22. The normalized spacial score (nSPS) is 21.3. The highest BCUT2D eigenvalue weighted by Crippen LogP contribution is 2.31. The summed E-state index contributed by atoms with van der Waals surface area (Å²) in [6.45, 7) is 9.93. The summed E-state index contributed by atoms with van der Waals surface area (Å²) in [6.07, 6.45) is 3.56. The van der Waals surface area contributed by atoms with Gasteiger partial charge in [0, 0.05) is 18.6 Å². The molecule has 1 fully saturated rings. The molecule has 0 bridgehead atoms. The largest absolute Gasteiger partial charge is 0.303 e. The molecule has 0 amide bonds. The quantitative estimate of drug-likeness (QED) is 0.739. The van der Waals surface area contributed by atoms with Gasteiger partial charge in [-0.25, -0.2) is 0 Å². The van der Waals surface area contributed by atoms with E-state index in [2.05, 4.69) is 37.1 Å². The van der Waals surface area contributed by atoms with Gasteiger partial charge in [0.05, 0.1) is 6.07 Å². The molecule has 0 radical (unpaired) electrons. The summed E-state index contributed by atoms with van der Waals surface area (Å²) in [5.41, 5.74) is -0.399. The average molecular weight is 237 g/mol. The van der Waals surface area contributed by atoms with Gasteiger partial charge in [0.1, 0.15) is 5.54 Å². The van der Waals surface area contributed by atoms with Gasteiger partial charge in [-0.3, -0.25) is 4.90 Å². The Kier molecular flexibility index (Phi) is 4.97. The Morgan fingerprint density at radius 2 is 2.00 bits per heavy atom. The number of nitriles is 1. The van der Waals surface area contributed by atoms with E-state index in [9.17, 15) is 5.26 Å². The van der Waals surface area contributed by atoms with Crippen molar-refractivity contribution < 1.29 is 0 Å². The van der Waals surface area contributed by atoms with Crippen LogP contribution in [0.25, 0.3) is 0 Å². The first kappa shape index (κ1) is 14.5. The van der Waals surface area contributed by atoms with Crippen LogP contribution in [0.3, 0.4) is 0 Å². The number of rotatable bonds is 7. The molecule has 0 aliphatic heterocycles. The van der Waals surface area contributed by atoms with E-state index in [1.165, 1.54) is 12.8 Å². The third-order valence-electron chi connectivity index (χ3n) is 3.66. The van der Waals surface area contributed by atoms with E-state index < -0.39 is 5.54 Å². The summed E-state index contributed by atoms with van der Waals surface area (Å²) in [5.74, 6) is 0.695. The van der Waals surface area contributed by atoms with Crippen LogP contribution in [0.4, 0.5) is 0 Å². The SMILES string of the molecule is CNC(C)(C#N)CC(C)N(CC(C)C)C1CC1. The van der Waals surface area contributed by atoms with Gasteiger partial charge in [-0.1, -0.05) is 13.8 Å². The maximum Gasteiger partial charge on any atom is 0.105 e. The Balaban J connectivity index is 2.59. The van der Waals surface area contributed by atoms with Crippen LogP contribution in [0, 0.1) is 17.2 Å². The topological polar surface area (TPSA) is 39.1 Å². The van der Waals surface area contributed by atoms with Crippen molar-refractivity contribution in [2.24, 2.45) is 5.92 Å². The molecule has 1 rings (SSSR count). The van der Waals surface area contributed by atoms with Gasteiger partial charge in [-0.05, 0) is 46.1 Å².